The SMILES string of the molecule is Cc1nccc(C(O)c2ccc3ncccc3c2)n1. The maximum atomic E-state index is 10.4. The van der Waals surface area contributed by atoms with E-state index in [2.05, 4.69) is 15.0 Å². The predicted molar refractivity (Wildman–Crippen MR) is 72.6 cm³/mol. The molecular formula is C15H13N3O. The Morgan fingerprint density at radius 2 is 1.95 bits per heavy atom. The van der Waals surface area contributed by atoms with E-state index in [4.69, 9.17) is 0 Å². The van der Waals surface area contributed by atoms with Crippen LogP contribution >= 0.6 is 0 Å². The maximum Gasteiger partial charge on any atom is 0.125 e. The number of hydrogen-bond donors (Lipinski definition) is 1. The molecular weight excluding hydrogens is 238 g/mol. The summed E-state index contributed by atoms with van der Waals surface area (Å²) < 4.78 is 0. The van der Waals surface area contributed by atoms with E-state index in [1.807, 2.05) is 30.3 Å². The van der Waals surface area contributed by atoms with Gasteiger partial charge in [-0.2, -0.15) is 0 Å². The van der Waals surface area contributed by atoms with E-state index in [1.165, 1.54) is 0 Å². The lowest BCUT2D eigenvalue weighted by atomic mass is 10.0. The molecule has 0 bridgehead atoms. The highest BCUT2D eigenvalue weighted by molar-refractivity contribution is 5.79. The number of aromatic nitrogens is 3. The van der Waals surface area contributed by atoms with Crippen LogP contribution < -0.4 is 0 Å². The summed E-state index contributed by atoms with van der Waals surface area (Å²) in [5.74, 6) is 0.652. The van der Waals surface area contributed by atoms with Crippen LogP contribution in [-0.2, 0) is 0 Å². The van der Waals surface area contributed by atoms with Gasteiger partial charge in [0, 0.05) is 17.8 Å². The van der Waals surface area contributed by atoms with Crippen LogP contribution in [0.15, 0.2) is 48.8 Å². The second kappa shape index (κ2) is 4.74. The topological polar surface area (TPSA) is 58.9 Å². The monoisotopic (exact) mass is 251 g/mol. The van der Waals surface area contributed by atoms with Crippen molar-refractivity contribution in [2.24, 2.45) is 0 Å². The highest BCUT2D eigenvalue weighted by atomic mass is 16.3. The largest absolute Gasteiger partial charge is 0.382 e. The van der Waals surface area contributed by atoms with Crippen molar-refractivity contribution >= 4 is 10.9 Å². The van der Waals surface area contributed by atoms with Crippen molar-refractivity contribution < 1.29 is 5.11 Å². The van der Waals surface area contributed by atoms with E-state index in [1.54, 1.807) is 25.4 Å². The van der Waals surface area contributed by atoms with Crippen LogP contribution in [0, 0.1) is 6.92 Å². The molecule has 0 radical (unpaired) electrons. The molecule has 3 rings (SSSR count). The van der Waals surface area contributed by atoms with Gasteiger partial charge in [0.2, 0.25) is 0 Å². The molecule has 1 N–H and O–H groups in total. The average Bonchev–Trinajstić information content (AvgIpc) is 2.46. The molecule has 4 heteroatoms. The third kappa shape index (κ3) is 2.30. The van der Waals surface area contributed by atoms with Gasteiger partial charge in [0.15, 0.2) is 0 Å². The van der Waals surface area contributed by atoms with Gasteiger partial charge in [0.25, 0.3) is 0 Å². The zero-order valence-corrected chi connectivity index (χ0v) is 10.5. The Morgan fingerprint density at radius 3 is 2.79 bits per heavy atom. The fourth-order valence-corrected chi connectivity index (χ4v) is 2.06. The van der Waals surface area contributed by atoms with E-state index in [-0.39, 0.29) is 0 Å². The first kappa shape index (κ1) is 11.7. The molecule has 0 saturated carbocycles. The van der Waals surface area contributed by atoms with E-state index in [0.717, 1.165) is 16.5 Å². The van der Waals surface area contributed by atoms with Gasteiger partial charge in [-0.15, -0.1) is 0 Å². The van der Waals surface area contributed by atoms with Crippen molar-refractivity contribution in [1.82, 2.24) is 15.0 Å². The number of aliphatic hydroxyl groups is 1. The van der Waals surface area contributed by atoms with Crippen molar-refractivity contribution in [2.45, 2.75) is 13.0 Å². The van der Waals surface area contributed by atoms with Gasteiger partial charge in [0.1, 0.15) is 11.9 Å². The molecule has 19 heavy (non-hydrogen) atoms. The Bertz CT molecular complexity index is 727. The average molecular weight is 251 g/mol. The highest BCUT2D eigenvalue weighted by Crippen LogP contribution is 2.23. The van der Waals surface area contributed by atoms with Crippen LogP contribution in [0.5, 0.6) is 0 Å². The quantitative estimate of drug-likeness (QED) is 0.760. The molecule has 0 saturated heterocycles. The predicted octanol–water partition coefficient (Wildman–Crippen LogP) is 2.41. The second-order valence-electron chi connectivity index (χ2n) is 4.39. The first-order valence-corrected chi connectivity index (χ1v) is 6.06. The normalized spacial score (nSPS) is 12.5. The molecule has 0 spiro atoms. The fourth-order valence-electron chi connectivity index (χ4n) is 2.06. The van der Waals surface area contributed by atoms with E-state index >= 15 is 0 Å². The minimum atomic E-state index is -0.744. The Balaban J connectivity index is 2.04. The Hall–Kier alpha value is -2.33. The third-order valence-electron chi connectivity index (χ3n) is 3.02. The van der Waals surface area contributed by atoms with Crippen molar-refractivity contribution in [1.29, 1.82) is 0 Å². The number of aliphatic hydroxyl groups excluding tert-OH is 1. The van der Waals surface area contributed by atoms with Gasteiger partial charge >= 0.3 is 0 Å². The molecule has 0 amide bonds. The summed E-state index contributed by atoms with van der Waals surface area (Å²) in [4.78, 5) is 12.5. The smallest absolute Gasteiger partial charge is 0.125 e. The van der Waals surface area contributed by atoms with Gasteiger partial charge in [0.05, 0.1) is 11.2 Å². The van der Waals surface area contributed by atoms with Crippen LogP contribution in [0.4, 0.5) is 0 Å². The number of aryl methyl sites for hydroxylation is 1. The highest BCUT2D eigenvalue weighted by Gasteiger charge is 2.12. The van der Waals surface area contributed by atoms with Gasteiger partial charge < -0.3 is 5.11 Å². The number of pyridine rings is 1. The van der Waals surface area contributed by atoms with Crippen LogP contribution in [0.25, 0.3) is 10.9 Å². The van der Waals surface area contributed by atoms with Crippen LogP contribution in [0.1, 0.15) is 23.2 Å². The molecule has 1 atom stereocenters. The molecule has 1 aromatic carbocycles. The molecule has 0 fully saturated rings. The molecule has 94 valence electrons. The number of fused-ring (bicyclic) bond motifs is 1. The Morgan fingerprint density at radius 1 is 1.05 bits per heavy atom. The minimum Gasteiger partial charge on any atom is -0.382 e. The Labute approximate surface area is 110 Å². The van der Waals surface area contributed by atoms with Crippen molar-refractivity contribution in [3.05, 3.63) is 65.9 Å². The number of nitrogens with zero attached hydrogens (tertiary/aromatic N) is 3. The number of benzene rings is 1. The lowest BCUT2D eigenvalue weighted by molar-refractivity contribution is 0.215. The Kier molecular flexibility index (Phi) is 2.93. The minimum absolute atomic E-state index is 0.607. The van der Waals surface area contributed by atoms with Crippen LogP contribution in [0.3, 0.4) is 0 Å². The first-order chi connectivity index (χ1) is 9.24. The van der Waals surface area contributed by atoms with Crippen molar-refractivity contribution in [2.75, 3.05) is 0 Å². The van der Waals surface area contributed by atoms with Gasteiger partial charge in [-0.25, -0.2) is 9.97 Å². The summed E-state index contributed by atoms with van der Waals surface area (Å²) in [6.07, 6.45) is 2.67. The zero-order chi connectivity index (χ0) is 13.2. The lowest BCUT2D eigenvalue weighted by Crippen LogP contribution is -2.04. The second-order valence-corrected chi connectivity index (χ2v) is 4.39. The number of hydrogen-bond acceptors (Lipinski definition) is 4. The van der Waals surface area contributed by atoms with Crippen molar-refractivity contribution in [3.8, 4) is 0 Å². The van der Waals surface area contributed by atoms with Crippen LogP contribution in [-0.4, -0.2) is 20.1 Å². The van der Waals surface area contributed by atoms with Crippen molar-refractivity contribution in [3.63, 3.8) is 0 Å². The zero-order valence-electron chi connectivity index (χ0n) is 10.5. The summed E-state index contributed by atoms with van der Waals surface area (Å²) in [6, 6.07) is 11.3. The van der Waals surface area contributed by atoms with Gasteiger partial charge in [-0.1, -0.05) is 12.1 Å². The van der Waals surface area contributed by atoms with E-state index in [0.29, 0.717) is 11.5 Å². The van der Waals surface area contributed by atoms with E-state index in [9.17, 15) is 5.11 Å². The third-order valence-corrected chi connectivity index (χ3v) is 3.02. The molecule has 2 aromatic heterocycles. The molecule has 3 aromatic rings. The maximum absolute atomic E-state index is 10.4. The first-order valence-electron chi connectivity index (χ1n) is 6.06. The number of rotatable bonds is 2. The molecule has 4 nitrogen and oxygen atoms in total. The summed E-state index contributed by atoms with van der Waals surface area (Å²) in [5, 5.41) is 11.4. The molecule has 0 aliphatic carbocycles. The van der Waals surface area contributed by atoms with Crippen LogP contribution in [0.2, 0.25) is 0 Å². The summed E-state index contributed by atoms with van der Waals surface area (Å²) in [5.41, 5.74) is 2.33. The molecule has 2 heterocycles. The molecule has 1 unspecified atom stereocenters. The molecule has 0 aliphatic rings. The molecule has 0 aliphatic heterocycles. The summed E-state index contributed by atoms with van der Waals surface area (Å²) >= 11 is 0. The lowest BCUT2D eigenvalue weighted by Gasteiger charge is -2.11. The van der Waals surface area contributed by atoms with Gasteiger partial charge in [-0.3, -0.25) is 4.98 Å². The van der Waals surface area contributed by atoms with E-state index < -0.39 is 6.10 Å². The fraction of sp³-hybridized carbons (Fsp3) is 0.133. The van der Waals surface area contributed by atoms with Gasteiger partial charge in [-0.05, 0) is 36.8 Å². The standard InChI is InChI=1S/C15H13N3O/c1-10-16-8-6-14(18-10)15(19)12-4-5-13-11(9-12)3-2-7-17-13/h2-9,15,19H,1H3. The summed E-state index contributed by atoms with van der Waals surface area (Å²) in [7, 11) is 0. The summed E-state index contributed by atoms with van der Waals surface area (Å²) in [6.45, 7) is 1.81.